The monoisotopic (exact) mass is 291 g/mol. The zero-order valence-electron chi connectivity index (χ0n) is 15.3. The van der Waals surface area contributed by atoms with E-state index in [-0.39, 0.29) is 35.7 Å². The lowest BCUT2D eigenvalue weighted by atomic mass is 9.55. The van der Waals surface area contributed by atoms with Crippen molar-refractivity contribution in [3.63, 3.8) is 0 Å². The Morgan fingerprint density at radius 1 is 1.24 bits per heavy atom. The van der Waals surface area contributed by atoms with Crippen LogP contribution >= 0.6 is 0 Å². The molecule has 0 spiro atoms. The van der Waals surface area contributed by atoms with Crippen molar-refractivity contribution in [2.24, 2.45) is 17.3 Å². The van der Waals surface area contributed by atoms with Gasteiger partial charge in [-0.15, -0.1) is 0 Å². The van der Waals surface area contributed by atoms with Gasteiger partial charge in [0.15, 0.2) is 11.5 Å². The minimum Gasteiger partial charge on any atom is -0.504 e. The Kier molecular flexibility index (Phi) is 2.19. The van der Waals surface area contributed by atoms with Crippen molar-refractivity contribution in [2.45, 2.75) is 57.4 Å². The molecule has 3 aliphatic rings. The molecule has 0 aliphatic heterocycles. The van der Waals surface area contributed by atoms with Crippen LogP contribution in [-0.4, -0.2) is 21.4 Å². The summed E-state index contributed by atoms with van der Waals surface area (Å²) in [7, 11) is 0. The van der Waals surface area contributed by atoms with Crippen LogP contribution < -0.4 is 0 Å². The molecule has 0 saturated heterocycles. The van der Waals surface area contributed by atoms with Gasteiger partial charge in [0, 0.05) is 2.74 Å². The standard InChI is InChI=1S/C18H24O3/c1-18-7-6-11-12(14(18)4-5-17(18)21)3-2-10-8-15(19)16(20)9-13(10)11/h8-9,11-12,14,17,19-21H,2-7H2,1H3/t11-,12+,14-,17-,18-/m0/s1/i5D2,17D. The van der Waals surface area contributed by atoms with E-state index in [0.29, 0.717) is 6.42 Å². The molecule has 3 aliphatic carbocycles. The molecule has 21 heavy (non-hydrogen) atoms. The third-order valence-electron chi connectivity index (χ3n) is 6.24. The largest absolute Gasteiger partial charge is 0.504 e. The van der Waals surface area contributed by atoms with Crippen LogP contribution in [0.2, 0.25) is 0 Å². The molecule has 0 radical (unpaired) electrons. The molecule has 114 valence electrons. The Hall–Kier alpha value is -1.22. The van der Waals surface area contributed by atoms with Crippen LogP contribution in [0.15, 0.2) is 12.1 Å². The quantitative estimate of drug-likeness (QED) is 0.643. The topological polar surface area (TPSA) is 60.7 Å². The molecule has 1 aromatic carbocycles. The smallest absolute Gasteiger partial charge is 0.157 e. The first kappa shape index (κ1) is 10.5. The number of benzene rings is 1. The fourth-order valence-corrected chi connectivity index (χ4v) is 5.00. The van der Waals surface area contributed by atoms with Crippen LogP contribution in [0.4, 0.5) is 0 Å². The highest BCUT2D eigenvalue weighted by Gasteiger charge is 2.54. The summed E-state index contributed by atoms with van der Waals surface area (Å²) in [4.78, 5) is 0. The maximum absolute atomic E-state index is 10.7. The van der Waals surface area contributed by atoms with Crippen molar-refractivity contribution >= 4 is 0 Å². The Labute approximate surface area is 129 Å². The van der Waals surface area contributed by atoms with E-state index in [1.54, 1.807) is 12.1 Å². The van der Waals surface area contributed by atoms with Gasteiger partial charge in [0.25, 0.3) is 0 Å². The van der Waals surface area contributed by atoms with Gasteiger partial charge in [0.1, 0.15) is 0 Å². The summed E-state index contributed by atoms with van der Waals surface area (Å²) in [6.45, 7) is 1.87. The predicted molar refractivity (Wildman–Crippen MR) is 80.4 cm³/mol. The fourth-order valence-electron chi connectivity index (χ4n) is 5.00. The lowest BCUT2D eigenvalue weighted by Gasteiger charge is -2.50. The molecule has 0 unspecified atom stereocenters. The van der Waals surface area contributed by atoms with Gasteiger partial charge in [-0.05, 0) is 84.9 Å². The first-order valence-electron chi connectivity index (χ1n) is 9.35. The maximum Gasteiger partial charge on any atom is 0.157 e. The van der Waals surface area contributed by atoms with E-state index in [1.165, 1.54) is 0 Å². The molecular formula is C18H24O3. The van der Waals surface area contributed by atoms with Gasteiger partial charge in [0.2, 0.25) is 0 Å². The minimum atomic E-state index is -2.06. The van der Waals surface area contributed by atoms with Crippen molar-refractivity contribution in [1.29, 1.82) is 0 Å². The van der Waals surface area contributed by atoms with E-state index in [1.807, 2.05) is 6.92 Å². The van der Waals surface area contributed by atoms with Gasteiger partial charge in [0.05, 0.1) is 7.45 Å². The van der Waals surface area contributed by atoms with Crippen molar-refractivity contribution < 1.29 is 19.4 Å². The van der Waals surface area contributed by atoms with Crippen molar-refractivity contribution in [1.82, 2.24) is 0 Å². The van der Waals surface area contributed by atoms with Crippen LogP contribution in [0, 0.1) is 17.3 Å². The summed E-state index contributed by atoms with van der Waals surface area (Å²) in [5, 5.41) is 30.3. The van der Waals surface area contributed by atoms with Crippen LogP contribution in [0.3, 0.4) is 0 Å². The van der Waals surface area contributed by atoms with E-state index in [9.17, 15) is 15.3 Å². The number of fused-ring (bicyclic) bond motifs is 5. The van der Waals surface area contributed by atoms with E-state index >= 15 is 0 Å². The summed E-state index contributed by atoms with van der Waals surface area (Å²) < 4.78 is 24.7. The molecule has 3 heteroatoms. The van der Waals surface area contributed by atoms with Crippen LogP contribution in [0.25, 0.3) is 0 Å². The van der Waals surface area contributed by atoms with Gasteiger partial charge in [-0.3, -0.25) is 0 Å². The molecule has 2 saturated carbocycles. The predicted octanol–water partition coefficient (Wildman–Crippen LogP) is 3.31. The third-order valence-corrected chi connectivity index (χ3v) is 6.24. The first-order valence-corrected chi connectivity index (χ1v) is 7.85. The Morgan fingerprint density at radius 3 is 2.81 bits per heavy atom. The minimum absolute atomic E-state index is 0.0437. The second-order valence-electron chi connectivity index (χ2n) is 7.14. The van der Waals surface area contributed by atoms with Gasteiger partial charge in [-0.2, -0.15) is 0 Å². The molecule has 4 rings (SSSR count). The Morgan fingerprint density at radius 2 is 2.00 bits per heavy atom. The summed E-state index contributed by atoms with van der Waals surface area (Å²) >= 11 is 0. The Bertz CT molecular complexity index is 703. The average Bonchev–Trinajstić information content (AvgIpc) is 2.64. The van der Waals surface area contributed by atoms with Gasteiger partial charge in [-0.25, -0.2) is 0 Å². The summed E-state index contributed by atoms with van der Waals surface area (Å²) in [6.07, 6.45) is -0.744. The maximum atomic E-state index is 10.7. The molecule has 3 nitrogen and oxygen atoms in total. The van der Waals surface area contributed by atoms with Gasteiger partial charge >= 0.3 is 0 Å². The highest BCUT2D eigenvalue weighted by atomic mass is 16.3. The fraction of sp³-hybridized carbons (Fsp3) is 0.667. The normalized spacial score (nSPS) is 49.2. The number of rotatable bonds is 0. The molecule has 5 atom stereocenters. The molecule has 1 aromatic rings. The summed E-state index contributed by atoms with van der Waals surface area (Å²) in [6, 6.07) is 3.30. The summed E-state index contributed by atoms with van der Waals surface area (Å²) in [5.74, 6) is 0.155. The number of aliphatic hydroxyl groups is 1. The zero-order chi connectivity index (χ0) is 17.5. The number of aromatic hydroxyl groups is 2. The average molecular weight is 291 g/mol. The number of phenols is 2. The molecule has 0 amide bonds. The van der Waals surface area contributed by atoms with E-state index in [4.69, 9.17) is 4.11 Å². The second kappa shape index (κ2) is 4.39. The number of hydrogen-bond donors (Lipinski definition) is 3. The highest BCUT2D eigenvalue weighted by Crippen LogP contribution is 2.61. The highest BCUT2D eigenvalue weighted by molar-refractivity contribution is 5.48. The van der Waals surface area contributed by atoms with E-state index in [0.717, 1.165) is 30.4 Å². The first-order chi connectivity index (χ1) is 11.1. The zero-order valence-corrected chi connectivity index (χ0v) is 12.3. The van der Waals surface area contributed by atoms with Crippen molar-refractivity contribution in [3.05, 3.63) is 23.3 Å². The van der Waals surface area contributed by atoms with Crippen molar-refractivity contribution in [3.8, 4) is 11.5 Å². The molecule has 3 N–H and O–H groups in total. The van der Waals surface area contributed by atoms with Crippen molar-refractivity contribution in [2.75, 3.05) is 0 Å². The number of phenolic OH excluding ortho intramolecular Hbond substituents is 2. The summed E-state index contributed by atoms with van der Waals surface area (Å²) in [5.41, 5.74) is 1.36. The Balaban J connectivity index is 1.76. The van der Waals surface area contributed by atoms with Crippen LogP contribution in [-0.2, 0) is 6.42 Å². The van der Waals surface area contributed by atoms with E-state index in [2.05, 4.69) is 0 Å². The molecule has 0 bridgehead atoms. The third kappa shape index (κ3) is 1.76. The van der Waals surface area contributed by atoms with Crippen LogP contribution in [0.1, 0.15) is 60.1 Å². The van der Waals surface area contributed by atoms with E-state index < -0.39 is 17.9 Å². The molecular weight excluding hydrogens is 264 g/mol. The van der Waals surface area contributed by atoms with Crippen LogP contribution in [0.5, 0.6) is 11.5 Å². The second-order valence-corrected chi connectivity index (χ2v) is 7.14. The molecule has 0 heterocycles. The van der Waals surface area contributed by atoms with Gasteiger partial charge in [-0.1, -0.05) is 6.92 Å². The molecule has 0 aromatic heterocycles. The number of hydrogen-bond acceptors (Lipinski definition) is 3. The lowest BCUT2D eigenvalue weighted by molar-refractivity contribution is -0.0226. The number of aryl methyl sites for hydroxylation is 1. The molecule has 2 fully saturated rings. The lowest BCUT2D eigenvalue weighted by Crippen LogP contribution is -2.43. The SMILES string of the molecule is [2H]C1([2H])C[C@H]2[C@@H]3CCc4cc(O)c(O)cc4[C@H]3CC[C@]2(C)[C@@]1([2H])O. The van der Waals surface area contributed by atoms with Gasteiger partial charge < -0.3 is 15.3 Å².